The fourth-order valence-electron chi connectivity index (χ4n) is 2.83. The van der Waals surface area contributed by atoms with Gasteiger partial charge in [-0.05, 0) is 31.1 Å². The number of hydrogen-bond donors (Lipinski definition) is 0. The van der Waals surface area contributed by atoms with Gasteiger partial charge in [-0.25, -0.2) is 4.39 Å². The Morgan fingerprint density at radius 1 is 1.18 bits per heavy atom. The molecular weight excluding hydrogens is 387 g/mol. The van der Waals surface area contributed by atoms with Gasteiger partial charge in [-0.2, -0.15) is 0 Å². The monoisotopic (exact) mass is 408 g/mol. The summed E-state index contributed by atoms with van der Waals surface area (Å²) < 4.78 is 29.5. The second-order valence-electron chi connectivity index (χ2n) is 6.06. The average Bonchev–Trinajstić information content (AvgIpc) is 2.82. The lowest BCUT2D eigenvalue weighted by molar-refractivity contribution is -0.141. The number of allylic oxidation sites excluding steroid dienone is 6. The standard InChI is InChI=1S/C21H22ClFO5/c1-4-28-21(25)11-18(24)15-10-14(19(26-2)12-20(15)27-3)8-13-6-5-7-16(22)17(23)9-13/h5-7,10,12H,4,8-9,11H2,1-3H3. The smallest absolute Gasteiger partial charge is 0.313 e. The molecule has 2 rings (SSSR count). The zero-order valence-electron chi connectivity index (χ0n) is 16.0. The Hall–Kier alpha value is -2.60. The lowest BCUT2D eigenvalue weighted by Crippen LogP contribution is -2.13. The molecular formula is C21H22ClFO5. The lowest BCUT2D eigenvalue weighted by Gasteiger charge is -2.15. The molecule has 0 aliphatic heterocycles. The third kappa shape index (κ3) is 5.45. The van der Waals surface area contributed by atoms with Crippen LogP contribution in [0.15, 0.2) is 46.8 Å². The van der Waals surface area contributed by atoms with E-state index in [4.69, 9.17) is 25.8 Å². The summed E-state index contributed by atoms with van der Waals surface area (Å²) in [4.78, 5) is 24.2. The number of ketones is 1. The summed E-state index contributed by atoms with van der Waals surface area (Å²) >= 11 is 5.83. The molecule has 28 heavy (non-hydrogen) atoms. The molecule has 0 bridgehead atoms. The van der Waals surface area contributed by atoms with Crippen molar-refractivity contribution in [2.75, 3.05) is 20.8 Å². The first kappa shape index (κ1) is 21.7. The summed E-state index contributed by atoms with van der Waals surface area (Å²) in [5.41, 5.74) is 1.67. The molecule has 1 aliphatic rings. The highest BCUT2D eigenvalue weighted by Crippen LogP contribution is 2.33. The quantitative estimate of drug-likeness (QED) is 0.355. The molecule has 0 saturated carbocycles. The fraction of sp³-hybridized carbons (Fsp3) is 0.333. The van der Waals surface area contributed by atoms with Crippen LogP contribution in [0.3, 0.4) is 0 Å². The van der Waals surface area contributed by atoms with Gasteiger partial charge in [0.1, 0.15) is 23.7 Å². The maximum absolute atomic E-state index is 14.0. The van der Waals surface area contributed by atoms with Gasteiger partial charge in [0.2, 0.25) is 0 Å². The van der Waals surface area contributed by atoms with Gasteiger partial charge in [-0.15, -0.1) is 0 Å². The maximum Gasteiger partial charge on any atom is 0.313 e. The molecule has 0 amide bonds. The summed E-state index contributed by atoms with van der Waals surface area (Å²) in [6, 6.07) is 3.19. The average molecular weight is 409 g/mol. The third-order valence-electron chi connectivity index (χ3n) is 4.15. The molecule has 0 heterocycles. The second kappa shape index (κ2) is 10.1. The van der Waals surface area contributed by atoms with Crippen molar-refractivity contribution in [1.29, 1.82) is 0 Å². The molecule has 0 unspecified atom stereocenters. The molecule has 0 fully saturated rings. The van der Waals surface area contributed by atoms with Crippen molar-refractivity contribution in [2.24, 2.45) is 0 Å². The first-order valence-corrected chi connectivity index (χ1v) is 9.11. The van der Waals surface area contributed by atoms with Gasteiger partial charge in [0.05, 0.1) is 31.4 Å². The van der Waals surface area contributed by atoms with Crippen molar-refractivity contribution >= 4 is 23.4 Å². The van der Waals surface area contributed by atoms with E-state index in [1.807, 2.05) is 0 Å². The van der Waals surface area contributed by atoms with E-state index in [1.165, 1.54) is 20.3 Å². The molecule has 150 valence electrons. The first-order chi connectivity index (χ1) is 13.4. The van der Waals surface area contributed by atoms with E-state index in [2.05, 4.69) is 0 Å². The summed E-state index contributed by atoms with van der Waals surface area (Å²) in [7, 11) is 2.92. The van der Waals surface area contributed by atoms with Gasteiger partial charge in [0.15, 0.2) is 5.78 Å². The fourth-order valence-corrected chi connectivity index (χ4v) is 2.97. The summed E-state index contributed by atoms with van der Waals surface area (Å²) in [6.07, 6.45) is 4.95. The third-order valence-corrected chi connectivity index (χ3v) is 4.48. The highest BCUT2D eigenvalue weighted by Gasteiger charge is 2.21. The zero-order chi connectivity index (χ0) is 20.7. The van der Waals surface area contributed by atoms with Crippen molar-refractivity contribution in [1.82, 2.24) is 0 Å². The van der Waals surface area contributed by atoms with Gasteiger partial charge < -0.3 is 14.2 Å². The van der Waals surface area contributed by atoms with Crippen LogP contribution in [0.1, 0.15) is 35.7 Å². The molecule has 0 N–H and O–H groups in total. The number of halogens is 2. The van der Waals surface area contributed by atoms with E-state index in [1.54, 1.807) is 31.2 Å². The summed E-state index contributed by atoms with van der Waals surface area (Å²) in [6.45, 7) is 1.86. The number of carbonyl (C=O) groups is 2. The Bertz CT molecular complexity index is 855. The van der Waals surface area contributed by atoms with Crippen molar-refractivity contribution in [3.8, 4) is 11.5 Å². The first-order valence-electron chi connectivity index (χ1n) is 8.73. The Morgan fingerprint density at radius 2 is 1.89 bits per heavy atom. The van der Waals surface area contributed by atoms with Crippen molar-refractivity contribution in [2.45, 2.75) is 26.2 Å². The van der Waals surface area contributed by atoms with E-state index in [0.29, 0.717) is 23.5 Å². The van der Waals surface area contributed by atoms with E-state index < -0.39 is 24.0 Å². The van der Waals surface area contributed by atoms with E-state index >= 15 is 0 Å². The molecule has 1 aromatic rings. The number of carbonyl (C=O) groups excluding carboxylic acids is 2. The second-order valence-corrected chi connectivity index (χ2v) is 6.47. The predicted octanol–water partition coefficient (Wildman–Crippen LogP) is 4.69. The van der Waals surface area contributed by atoms with Crippen LogP contribution in [-0.4, -0.2) is 32.6 Å². The van der Waals surface area contributed by atoms with Crippen molar-refractivity contribution in [3.05, 3.63) is 57.9 Å². The minimum absolute atomic E-state index is 0.0626. The molecule has 0 atom stereocenters. The van der Waals surface area contributed by atoms with Crippen LogP contribution in [0.5, 0.6) is 11.5 Å². The number of benzene rings is 1. The molecule has 0 aromatic heterocycles. The number of hydrogen-bond acceptors (Lipinski definition) is 5. The Kier molecular flexibility index (Phi) is 7.81. The molecule has 0 spiro atoms. The van der Waals surface area contributed by atoms with E-state index in [0.717, 1.165) is 5.57 Å². The van der Waals surface area contributed by atoms with Crippen molar-refractivity contribution < 1.29 is 28.2 Å². The van der Waals surface area contributed by atoms with Crippen LogP contribution in [0, 0.1) is 0 Å². The SMILES string of the molecule is CCOC(=O)CC(=O)c1cc(CC2=CC=CC(Cl)=C(F)C2)c(OC)cc1OC. The molecule has 0 saturated heterocycles. The number of rotatable bonds is 8. The molecule has 1 aliphatic carbocycles. The largest absolute Gasteiger partial charge is 0.496 e. The van der Waals surface area contributed by atoms with E-state index in [-0.39, 0.29) is 23.6 Å². The van der Waals surface area contributed by atoms with Gasteiger partial charge in [-0.1, -0.05) is 29.3 Å². The minimum Gasteiger partial charge on any atom is -0.496 e. The maximum atomic E-state index is 14.0. The van der Waals surface area contributed by atoms with Gasteiger partial charge in [0, 0.05) is 12.5 Å². The van der Waals surface area contributed by atoms with Crippen molar-refractivity contribution in [3.63, 3.8) is 0 Å². The number of Topliss-reactive ketones (excluding diaryl/α,β-unsaturated/α-hetero) is 1. The van der Waals surface area contributed by atoms with Crippen LogP contribution in [0.4, 0.5) is 4.39 Å². The zero-order valence-corrected chi connectivity index (χ0v) is 16.8. The Balaban J connectivity index is 2.36. The predicted molar refractivity (Wildman–Crippen MR) is 105 cm³/mol. The highest BCUT2D eigenvalue weighted by atomic mass is 35.5. The van der Waals surface area contributed by atoms with Crippen LogP contribution in [-0.2, 0) is 16.0 Å². The minimum atomic E-state index is -0.606. The topological polar surface area (TPSA) is 61.8 Å². The van der Waals surface area contributed by atoms with Crippen LogP contribution >= 0.6 is 11.6 Å². The van der Waals surface area contributed by atoms with E-state index in [9.17, 15) is 14.0 Å². The summed E-state index contributed by atoms with van der Waals surface area (Å²) in [5.74, 6) is -0.672. The molecule has 0 radical (unpaired) electrons. The Morgan fingerprint density at radius 3 is 2.54 bits per heavy atom. The van der Waals surface area contributed by atoms with Gasteiger partial charge >= 0.3 is 5.97 Å². The van der Waals surface area contributed by atoms with Crippen LogP contribution in [0.25, 0.3) is 0 Å². The van der Waals surface area contributed by atoms with Gasteiger partial charge in [-0.3, -0.25) is 9.59 Å². The van der Waals surface area contributed by atoms with Gasteiger partial charge in [0.25, 0.3) is 0 Å². The number of esters is 1. The Labute approximate surface area is 168 Å². The van der Waals surface area contributed by atoms with Crippen LogP contribution < -0.4 is 9.47 Å². The number of ether oxygens (including phenoxy) is 3. The van der Waals surface area contributed by atoms with Crippen LogP contribution in [0.2, 0.25) is 0 Å². The molecule has 1 aromatic carbocycles. The summed E-state index contributed by atoms with van der Waals surface area (Å²) in [5, 5.41) is 0.0678. The molecule has 5 nitrogen and oxygen atoms in total. The normalized spacial score (nSPS) is 13.7. The molecule has 7 heteroatoms. The lowest BCUT2D eigenvalue weighted by atomic mass is 9.96. The number of methoxy groups -OCH3 is 2. The highest BCUT2D eigenvalue weighted by molar-refractivity contribution is 6.31.